The zero-order valence-corrected chi connectivity index (χ0v) is 20.6. The van der Waals surface area contributed by atoms with Gasteiger partial charge in [-0.2, -0.15) is 5.26 Å². The number of anilines is 2. The summed E-state index contributed by atoms with van der Waals surface area (Å²) in [6.07, 6.45) is 6.12. The van der Waals surface area contributed by atoms with E-state index in [0.29, 0.717) is 31.0 Å². The highest BCUT2D eigenvalue weighted by molar-refractivity contribution is 6.00. The zero-order chi connectivity index (χ0) is 24.7. The lowest BCUT2D eigenvalue weighted by Gasteiger charge is -2.41. The van der Waals surface area contributed by atoms with E-state index in [4.69, 9.17) is 9.72 Å². The summed E-state index contributed by atoms with van der Waals surface area (Å²) in [5, 5.41) is 10.3. The molecule has 1 atom stereocenters. The summed E-state index contributed by atoms with van der Waals surface area (Å²) < 4.78 is 7.55. The van der Waals surface area contributed by atoms with Gasteiger partial charge in [-0.1, -0.05) is 0 Å². The first-order valence-corrected chi connectivity index (χ1v) is 12.0. The standard InChI is InChI=1S/C25H30N8O2/c1-17-14-31(10-11-32(17)24(34)35-25(2,3)4)22-21-19(30-8-5-9-30)15-33(23(21)29-16-28-22)20-12-18(13-26)6-7-27-20/h6-7,12,15-17H,5,8-11,14H2,1-4H3. The molecular formula is C25H30N8O2. The monoisotopic (exact) mass is 474 g/mol. The van der Waals surface area contributed by atoms with Crippen LogP contribution in [0.2, 0.25) is 0 Å². The number of aromatic nitrogens is 4. The summed E-state index contributed by atoms with van der Waals surface area (Å²) >= 11 is 0. The van der Waals surface area contributed by atoms with Crippen LogP contribution in [0.5, 0.6) is 0 Å². The molecule has 1 amide bonds. The summed E-state index contributed by atoms with van der Waals surface area (Å²) in [5.41, 5.74) is 1.83. The molecule has 10 nitrogen and oxygen atoms in total. The second-order valence-electron chi connectivity index (χ2n) is 10.1. The lowest BCUT2D eigenvalue weighted by molar-refractivity contribution is 0.0159. The van der Waals surface area contributed by atoms with Crippen LogP contribution < -0.4 is 9.80 Å². The van der Waals surface area contributed by atoms with Crippen LogP contribution in [0.3, 0.4) is 0 Å². The number of hydrogen-bond donors (Lipinski definition) is 0. The Morgan fingerprint density at radius 3 is 2.60 bits per heavy atom. The lowest BCUT2D eigenvalue weighted by atomic mass is 10.1. The van der Waals surface area contributed by atoms with Crippen molar-refractivity contribution in [2.24, 2.45) is 0 Å². The van der Waals surface area contributed by atoms with Crippen LogP contribution in [-0.4, -0.2) is 74.9 Å². The van der Waals surface area contributed by atoms with E-state index in [0.717, 1.165) is 42.0 Å². The molecule has 2 fully saturated rings. The third kappa shape index (κ3) is 4.34. The fourth-order valence-corrected chi connectivity index (χ4v) is 4.60. The van der Waals surface area contributed by atoms with Gasteiger partial charge >= 0.3 is 6.09 Å². The molecule has 0 radical (unpaired) electrons. The molecule has 5 rings (SSSR count). The number of hydrogen-bond acceptors (Lipinski definition) is 8. The summed E-state index contributed by atoms with van der Waals surface area (Å²) in [7, 11) is 0. The largest absolute Gasteiger partial charge is 0.444 e. The highest BCUT2D eigenvalue weighted by Crippen LogP contribution is 2.38. The number of nitrogens with zero attached hydrogens (tertiary/aromatic N) is 8. The Bertz CT molecular complexity index is 1300. The summed E-state index contributed by atoms with van der Waals surface area (Å²) in [5.74, 6) is 1.50. The second-order valence-corrected chi connectivity index (χ2v) is 10.1. The molecule has 0 N–H and O–H groups in total. The fraction of sp³-hybridized carbons (Fsp3) is 0.480. The van der Waals surface area contributed by atoms with E-state index in [9.17, 15) is 10.1 Å². The number of carbonyl (C=O) groups is 1. The molecule has 0 spiro atoms. The Balaban J connectivity index is 1.51. The molecule has 10 heteroatoms. The predicted molar refractivity (Wildman–Crippen MR) is 133 cm³/mol. The van der Waals surface area contributed by atoms with Crippen LogP contribution in [0.1, 0.15) is 39.7 Å². The molecule has 3 aromatic rings. The average molecular weight is 475 g/mol. The minimum absolute atomic E-state index is 0.0351. The molecule has 1 unspecified atom stereocenters. The van der Waals surface area contributed by atoms with Crippen molar-refractivity contribution in [3.05, 3.63) is 36.4 Å². The Kier molecular flexibility index (Phi) is 5.71. The van der Waals surface area contributed by atoms with E-state index in [1.165, 1.54) is 0 Å². The summed E-state index contributed by atoms with van der Waals surface area (Å²) in [6, 6.07) is 5.61. The number of piperazine rings is 1. The first kappa shape index (κ1) is 22.9. The topological polar surface area (TPSA) is 103 Å². The van der Waals surface area contributed by atoms with Crippen LogP contribution in [0, 0.1) is 11.3 Å². The molecule has 2 aliphatic rings. The van der Waals surface area contributed by atoms with Crippen molar-refractivity contribution >= 4 is 28.6 Å². The van der Waals surface area contributed by atoms with Crippen molar-refractivity contribution in [2.45, 2.75) is 45.8 Å². The van der Waals surface area contributed by atoms with Gasteiger partial charge in [0.2, 0.25) is 0 Å². The molecule has 2 saturated heterocycles. The molecular weight excluding hydrogens is 444 g/mol. The van der Waals surface area contributed by atoms with E-state index in [2.05, 4.69) is 25.8 Å². The van der Waals surface area contributed by atoms with Crippen LogP contribution in [0.4, 0.5) is 16.3 Å². The van der Waals surface area contributed by atoms with Crippen LogP contribution >= 0.6 is 0 Å². The number of carbonyl (C=O) groups excluding carboxylic acids is 1. The van der Waals surface area contributed by atoms with E-state index in [-0.39, 0.29) is 12.1 Å². The van der Waals surface area contributed by atoms with E-state index >= 15 is 0 Å². The van der Waals surface area contributed by atoms with E-state index < -0.39 is 5.60 Å². The average Bonchev–Trinajstić information content (AvgIpc) is 3.16. The van der Waals surface area contributed by atoms with Crippen molar-refractivity contribution in [1.29, 1.82) is 5.26 Å². The van der Waals surface area contributed by atoms with Crippen LogP contribution in [-0.2, 0) is 4.74 Å². The lowest BCUT2D eigenvalue weighted by Crippen LogP contribution is -2.55. The van der Waals surface area contributed by atoms with Gasteiger partial charge in [-0.15, -0.1) is 0 Å². The van der Waals surface area contributed by atoms with Gasteiger partial charge in [-0.3, -0.25) is 4.57 Å². The van der Waals surface area contributed by atoms with Crippen molar-refractivity contribution < 1.29 is 9.53 Å². The Morgan fingerprint density at radius 1 is 1.14 bits per heavy atom. The quantitative estimate of drug-likeness (QED) is 0.569. The number of fused-ring (bicyclic) bond motifs is 1. The van der Waals surface area contributed by atoms with Gasteiger partial charge in [-0.25, -0.2) is 19.7 Å². The first-order chi connectivity index (χ1) is 16.7. The van der Waals surface area contributed by atoms with Crippen LogP contribution in [0.25, 0.3) is 16.9 Å². The van der Waals surface area contributed by atoms with E-state index in [1.54, 1.807) is 29.6 Å². The van der Waals surface area contributed by atoms with Crippen molar-refractivity contribution in [3.8, 4) is 11.9 Å². The molecule has 2 aliphatic heterocycles. The maximum atomic E-state index is 12.7. The fourth-order valence-electron chi connectivity index (χ4n) is 4.60. The molecule has 35 heavy (non-hydrogen) atoms. The first-order valence-electron chi connectivity index (χ1n) is 12.0. The third-order valence-corrected chi connectivity index (χ3v) is 6.42. The number of nitriles is 1. The molecule has 182 valence electrons. The van der Waals surface area contributed by atoms with Gasteiger partial charge in [0.1, 0.15) is 23.6 Å². The van der Waals surface area contributed by atoms with Gasteiger partial charge in [0.05, 0.1) is 22.7 Å². The second kappa shape index (κ2) is 8.73. The van der Waals surface area contributed by atoms with Gasteiger partial charge in [0, 0.05) is 51.2 Å². The normalized spacial score (nSPS) is 18.4. The molecule has 0 bridgehead atoms. The zero-order valence-electron chi connectivity index (χ0n) is 20.6. The minimum atomic E-state index is -0.529. The highest BCUT2D eigenvalue weighted by Gasteiger charge is 2.33. The highest BCUT2D eigenvalue weighted by atomic mass is 16.6. The third-order valence-electron chi connectivity index (χ3n) is 6.42. The van der Waals surface area contributed by atoms with Gasteiger partial charge in [-0.05, 0) is 46.2 Å². The van der Waals surface area contributed by atoms with Crippen molar-refractivity contribution in [2.75, 3.05) is 42.5 Å². The van der Waals surface area contributed by atoms with Gasteiger partial charge < -0.3 is 19.4 Å². The van der Waals surface area contributed by atoms with Crippen molar-refractivity contribution in [1.82, 2.24) is 24.4 Å². The Labute approximate surface area is 204 Å². The molecule has 0 saturated carbocycles. The predicted octanol–water partition coefficient (Wildman–Crippen LogP) is 3.34. The molecule has 3 aromatic heterocycles. The molecule has 5 heterocycles. The molecule has 0 aromatic carbocycles. The summed E-state index contributed by atoms with van der Waals surface area (Å²) in [4.78, 5) is 32.9. The molecule has 0 aliphatic carbocycles. The SMILES string of the molecule is CC1CN(c2ncnc3c2c(N2CCC2)cn3-c2cc(C#N)ccn2)CCN1C(=O)OC(C)(C)C. The minimum Gasteiger partial charge on any atom is -0.444 e. The van der Waals surface area contributed by atoms with Crippen molar-refractivity contribution in [3.63, 3.8) is 0 Å². The van der Waals surface area contributed by atoms with Gasteiger partial charge in [0.15, 0.2) is 5.65 Å². The van der Waals surface area contributed by atoms with E-state index in [1.807, 2.05) is 38.5 Å². The summed E-state index contributed by atoms with van der Waals surface area (Å²) in [6.45, 7) is 11.5. The Morgan fingerprint density at radius 2 is 1.94 bits per heavy atom. The number of pyridine rings is 1. The number of rotatable bonds is 3. The maximum absolute atomic E-state index is 12.7. The number of ether oxygens (including phenoxy) is 1. The van der Waals surface area contributed by atoms with Gasteiger partial charge in [0.25, 0.3) is 0 Å². The maximum Gasteiger partial charge on any atom is 0.410 e. The number of amides is 1. The smallest absolute Gasteiger partial charge is 0.410 e. The van der Waals surface area contributed by atoms with Crippen LogP contribution in [0.15, 0.2) is 30.9 Å². The Hall–Kier alpha value is -3.87.